The van der Waals surface area contributed by atoms with Crippen molar-refractivity contribution >= 4 is 23.5 Å². The number of fused-ring (bicyclic) bond motifs is 1. The Balaban J connectivity index is 1.78. The fraction of sp³-hybridized carbons (Fsp3) is 0.417. The fourth-order valence-electron chi connectivity index (χ4n) is 3.58. The summed E-state index contributed by atoms with van der Waals surface area (Å²) in [5, 5.41) is 7.90. The number of nitrogens with one attached hydrogen (secondary N) is 3. The lowest BCUT2D eigenvalue weighted by Crippen LogP contribution is -2.42. The summed E-state index contributed by atoms with van der Waals surface area (Å²) < 4.78 is 50.2. The Labute approximate surface area is 196 Å². The molecule has 0 bridgehead atoms. The standard InChI is InChI=1S/C24H28F3N3O4/c1-22(2,3)34-21(32)29-16-9-10-19-17(12-16)18(13-23(4,5)33-19)30-20(31)28-15-8-6-7-14(11-15)24(25,26)27/h6-12,18H,13H2,1-5H3,(H,29,32)(H2,28,30,31). The first-order chi connectivity index (χ1) is 15.6. The van der Waals surface area contributed by atoms with Crippen LogP contribution in [0.3, 0.4) is 0 Å². The SMILES string of the molecule is CC(C)(C)OC(=O)Nc1ccc2c(c1)C(NC(=O)Nc1cccc(C(F)(F)F)c1)CC(C)(C)O2. The smallest absolute Gasteiger partial charge is 0.416 e. The van der Waals surface area contributed by atoms with Crippen LogP contribution in [0, 0.1) is 0 Å². The molecule has 3 amide bonds. The Morgan fingerprint density at radius 2 is 1.71 bits per heavy atom. The van der Waals surface area contributed by atoms with Gasteiger partial charge in [-0.15, -0.1) is 0 Å². The third kappa shape index (κ3) is 6.79. The molecule has 3 N–H and O–H groups in total. The number of amides is 3. The van der Waals surface area contributed by atoms with Gasteiger partial charge in [-0.3, -0.25) is 5.32 Å². The van der Waals surface area contributed by atoms with Gasteiger partial charge in [0.05, 0.1) is 11.6 Å². The molecule has 0 radical (unpaired) electrons. The first-order valence-corrected chi connectivity index (χ1v) is 10.7. The predicted octanol–water partition coefficient (Wildman–Crippen LogP) is 6.48. The van der Waals surface area contributed by atoms with Gasteiger partial charge in [0, 0.05) is 23.4 Å². The lowest BCUT2D eigenvalue weighted by Gasteiger charge is -2.38. The van der Waals surface area contributed by atoms with Crippen LogP contribution in [0.4, 0.5) is 34.1 Å². The molecule has 0 aliphatic carbocycles. The van der Waals surface area contributed by atoms with Gasteiger partial charge in [0.1, 0.15) is 17.0 Å². The van der Waals surface area contributed by atoms with Gasteiger partial charge in [0.25, 0.3) is 0 Å². The summed E-state index contributed by atoms with van der Waals surface area (Å²) in [5.41, 5.74) is -1.06. The lowest BCUT2D eigenvalue weighted by molar-refractivity contribution is -0.137. The van der Waals surface area contributed by atoms with Crippen molar-refractivity contribution in [3.8, 4) is 5.75 Å². The number of halogens is 3. The van der Waals surface area contributed by atoms with Gasteiger partial charge >= 0.3 is 18.3 Å². The van der Waals surface area contributed by atoms with E-state index in [1.807, 2.05) is 13.8 Å². The molecule has 184 valence electrons. The summed E-state index contributed by atoms with van der Waals surface area (Å²) in [6.07, 6.45) is -4.75. The fourth-order valence-corrected chi connectivity index (χ4v) is 3.58. The Kier molecular flexibility index (Phi) is 6.73. The summed E-state index contributed by atoms with van der Waals surface area (Å²) in [4.78, 5) is 24.8. The second kappa shape index (κ2) is 9.08. The molecule has 0 fully saturated rings. The van der Waals surface area contributed by atoms with Crippen molar-refractivity contribution in [2.45, 2.75) is 64.5 Å². The second-order valence-corrected chi connectivity index (χ2v) is 9.67. The number of urea groups is 1. The molecule has 1 unspecified atom stereocenters. The van der Waals surface area contributed by atoms with Crippen LogP contribution in [0.15, 0.2) is 42.5 Å². The van der Waals surface area contributed by atoms with E-state index in [1.54, 1.807) is 39.0 Å². The molecular formula is C24H28F3N3O4. The van der Waals surface area contributed by atoms with E-state index in [2.05, 4.69) is 16.0 Å². The van der Waals surface area contributed by atoms with Gasteiger partial charge in [-0.2, -0.15) is 13.2 Å². The van der Waals surface area contributed by atoms with Crippen LogP contribution >= 0.6 is 0 Å². The third-order valence-corrected chi connectivity index (χ3v) is 4.87. The van der Waals surface area contributed by atoms with Crippen LogP contribution in [0.1, 0.15) is 58.2 Å². The van der Waals surface area contributed by atoms with E-state index in [-0.39, 0.29) is 5.69 Å². The maximum absolute atomic E-state index is 13.0. The number of ether oxygens (including phenoxy) is 2. The summed E-state index contributed by atoms with van der Waals surface area (Å²) in [6.45, 7) is 8.97. The van der Waals surface area contributed by atoms with E-state index >= 15 is 0 Å². The average molecular weight is 479 g/mol. The normalized spacial score (nSPS) is 17.1. The second-order valence-electron chi connectivity index (χ2n) is 9.67. The zero-order valence-corrected chi connectivity index (χ0v) is 19.6. The zero-order valence-electron chi connectivity index (χ0n) is 19.6. The number of carbonyl (C=O) groups excluding carboxylic acids is 2. The molecule has 7 nitrogen and oxygen atoms in total. The molecule has 0 aromatic heterocycles. The largest absolute Gasteiger partial charge is 0.487 e. The highest BCUT2D eigenvalue weighted by Crippen LogP contribution is 2.41. The van der Waals surface area contributed by atoms with E-state index in [4.69, 9.17) is 9.47 Å². The number of hydrogen-bond acceptors (Lipinski definition) is 4. The van der Waals surface area contributed by atoms with Crippen molar-refractivity contribution in [1.29, 1.82) is 0 Å². The van der Waals surface area contributed by atoms with E-state index in [9.17, 15) is 22.8 Å². The van der Waals surface area contributed by atoms with Crippen molar-refractivity contribution < 1.29 is 32.2 Å². The van der Waals surface area contributed by atoms with E-state index in [1.165, 1.54) is 12.1 Å². The zero-order chi connectivity index (χ0) is 25.3. The maximum Gasteiger partial charge on any atom is 0.416 e. The van der Waals surface area contributed by atoms with Gasteiger partial charge in [0.2, 0.25) is 0 Å². The Hall–Kier alpha value is -3.43. The molecule has 1 aliphatic heterocycles. The maximum atomic E-state index is 13.0. The molecule has 1 atom stereocenters. The van der Waals surface area contributed by atoms with Gasteiger partial charge in [-0.25, -0.2) is 9.59 Å². The van der Waals surface area contributed by atoms with Crippen LogP contribution in [-0.4, -0.2) is 23.3 Å². The molecule has 1 heterocycles. The van der Waals surface area contributed by atoms with Crippen LogP contribution in [0.5, 0.6) is 5.75 Å². The van der Waals surface area contributed by atoms with Crippen molar-refractivity contribution in [2.75, 3.05) is 10.6 Å². The van der Waals surface area contributed by atoms with Crippen LogP contribution < -0.4 is 20.7 Å². The monoisotopic (exact) mass is 479 g/mol. The quantitative estimate of drug-likeness (QED) is 0.470. The van der Waals surface area contributed by atoms with Crippen LogP contribution in [0.25, 0.3) is 0 Å². The van der Waals surface area contributed by atoms with E-state index in [0.717, 1.165) is 12.1 Å². The van der Waals surface area contributed by atoms with Crippen molar-refractivity contribution in [1.82, 2.24) is 5.32 Å². The first kappa shape index (κ1) is 25.2. The Morgan fingerprint density at radius 1 is 1.03 bits per heavy atom. The highest BCUT2D eigenvalue weighted by molar-refractivity contribution is 5.90. The number of carbonyl (C=O) groups is 2. The summed E-state index contributed by atoms with van der Waals surface area (Å²) in [7, 11) is 0. The number of hydrogen-bond donors (Lipinski definition) is 3. The van der Waals surface area contributed by atoms with Crippen molar-refractivity contribution in [2.24, 2.45) is 0 Å². The summed E-state index contributed by atoms with van der Waals surface area (Å²) in [6, 6.07) is 8.21. The first-order valence-electron chi connectivity index (χ1n) is 10.7. The minimum Gasteiger partial charge on any atom is -0.487 e. The molecule has 34 heavy (non-hydrogen) atoms. The molecule has 2 aromatic rings. The highest BCUT2D eigenvalue weighted by Gasteiger charge is 2.35. The van der Waals surface area contributed by atoms with Crippen LogP contribution in [0.2, 0.25) is 0 Å². The number of rotatable bonds is 3. The topological polar surface area (TPSA) is 88.7 Å². The minimum absolute atomic E-state index is 0.0132. The van der Waals surface area contributed by atoms with E-state index < -0.39 is 41.1 Å². The molecule has 0 spiro atoms. The molecule has 2 aromatic carbocycles. The Morgan fingerprint density at radius 3 is 2.35 bits per heavy atom. The van der Waals surface area contributed by atoms with Gasteiger partial charge in [-0.05, 0) is 71.0 Å². The van der Waals surface area contributed by atoms with Crippen molar-refractivity contribution in [3.63, 3.8) is 0 Å². The molecule has 3 rings (SSSR count). The molecule has 0 saturated carbocycles. The highest BCUT2D eigenvalue weighted by atomic mass is 19.4. The number of anilines is 2. The van der Waals surface area contributed by atoms with Gasteiger partial charge in [0.15, 0.2) is 0 Å². The number of benzene rings is 2. The molecule has 10 heteroatoms. The lowest BCUT2D eigenvalue weighted by atomic mass is 9.89. The molecule has 1 aliphatic rings. The summed E-state index contributed by atoms with van der Waals surface area (Å²) >= 11 is 0. The predicted molar refractivity (Wildman–Crippen MR) is 122 cm³/mol. The molecule has 0 saturated heterocycles. The number of alkyl halides is 3. The van der Waals surface area contributed by atoms with Gasteiger partial charge in [-0.1, -0.05) is 6.07 Å². The van der Waals surface area contributed by atoms with Gasteiger partial charge < -0.3 is 20.1 Å². The Bertz CT molecular complexity index is 1080. The van der Waals surface area contributed by atoms with Crippen LogP contribution in [-0.2, 0) is 10.9 Å². The minimum atomic E-state index is -4.52. The average Bonchev–Trinajstić information content (AvgIpc) is 2.65. The third-order valence-electron chi connectivity index (χ3n) is 4.87. The summed E-state index contributed by atoms with van der Waals surface area (Å²) in [5.74, 6) is 0.523. The van der Waals surface area contributed by atoms with E-state index in [0.29, 0.717) is 23.4 Å². The van der Waals surface area contributed by atoms with Crippen molar-refractivity contribution in [3.05, 3.63) is 53.6 Å². The molecular weight excluding hydrogens is 451 g/mol.